The van der Waals surface area contributed by atoms with Gasteiger partial charge in [0, 0.05) is 13.1 Å². The van der Waals surface area contributed by atoms with E-state index in [-0.39, 0.29) is 11.8 Å². The van der Waals surface area contributed by atoms with E-state index in [0.29, 0.717) is 42.4 Å². The number of benzene rings is 1. The summed E-state index contributed by atoms with van der Waals surface area (Å²) < 4.78 is 30.1. The number of furan rings is 1. The average Bonchev–Trinajstić information content (AvgIpc) is 3.09. The molecule has 1 fully saturated rings. The lowest BCUT2D eigenvalue weighted by Gasteiger charge is -2.31. The number of nitrogens with one attached hydrogen (secondary N) is 1. The van der Waals surface area contributed by atoms with Crippen LogP contribution in [-0.4, -0.2) is 37.7 Å². The first-order valence-electron chi connectivity index (χ1n) is 8.00. The van der Waals surface area contributed by atoms with Crippen molar-refractivity contribution >= 4 is 33.2 Å². The van der Waals surface area contributed by atoms with Crippen molar-refractivity contribution in [3.05, 3.63) is 53.4 Å². The number of carbonyl (C=O) groups is 1. The summed E-state index contributed by atoms with van der Waals surface area (Å²) in [6.45, 7) is 0.774. The number of halogens is 1. The summed E-state index contributed by atoms with van der Waals surface area (Å²) >= 11 is 6.04. The molecule has 2 aromatic rings. The molecular weight excluding hydrogens is 364 g/mol. The van der Waals surface area contributed by atoms with Crippen molar-refractivity contribution < 1.29 is 17.6 Å². The average molecular weight is 383 g/mol. The van der Waals surface area contributed by atoms with E-state index >= 15 is 0 Å². The molecule has 0 spiro atoms. The molecule has 6 nitrogen and oxygen atoms in total. The smallest absolute Gasteiger partial charge is 0.321 e. The molecule has 3 rings (SSSR count). The van der Waals surface area contributed by atoms with Crippen LogP contribution >= 0.6 is 11.6 Å². The Bertz CT molecular complexity index is 828. The second kappa shape index (κ2) is 7.49. The van der Waals surface area contributed by atoms with Gasteiger partial charge in [-0.3, -0.25) is 0 Å². The van der Waals surface area contributed by atoms with Gasteiger partial charge >= 0.3 is 6.03 Å². The van der Waals surface area contributed by atoms with Crippen LogP contribution in [0.1, 0.15) is 18.6 Å². The number of anilines is 1. The first-order valence-corrected chi connectivity index (χ1v) is 10.1. The maximum atomic E-state index is 12.5. The predicted molar refractivity (Wildman–Crippen MR) is 96.4 cm³/mol. The zero-order chi connectivity index (χ0) is 17.9. The summed E-state index contributed by atoms with van der Waals surface area (Å²) in [4.78, 5) is 13.9. The third kappa shape index (κ3) is 4.35. The number of hydrogen-bond acceptors (Lipinski definition) is 4. The molecule has 0 atom stereocenters. The maximum absolute atomic E-state index is 12.5. The molecule has 25 heavy (non-hydrogen) atoms. The molecular formula is C17H19ClN2O4S. The van der Waals surface area contributed by atoms with Crippen molar-refractivity contribution in [1.82, 2.24) is 4.90 Å². The molecule has 0 unspecified atom stereocenters. The van der Waals surface area contributed by atoms with Crippen molar-refractivity contribution in [2.75, 3.05) is 18.4 Å². The molecule has 1 aliphatic heterocycles. The number of carbonyl (C=O) groups excluding carboxylic acids is 1. The second-order valence-corrected chi connectivity index (χ2v) is 8.67. The van der Waals surface area contributed by atoms with Gasteiger partial charge in [-0.2, -0.15) is 0 Å². The van der Waals surface area contributed by atoms with Gasteiger partial charge in [0.05, 0.1) is 22.2 Å². The summed E-state index contributed by atoms with van der Waals surface area (Å²) in [5.74, 6) is 0.343. The fourth-order valence-electron chi connectivity index (χ4n) is 2.89. The van der Waals surface area contributed by atoms with Crippen LogP contribution in [0.4, 0.5) is 10.5 Å². The standard InChI is InChI=1S/C17H19ClN2O4S/c18-15-5-1-2-6-16(15)19-17(21)20-9-7-14(8-10-20)25(22,23)12-13-4-3-11-24-13/h1-6,11,14H,7-10,12H2,(H,19,21). The Balaban J connectivity index is 1.56. The summed E-state index contributed by atoms with van der Waals surface area (Å²) in [6.07, 6.45) is 2.30. The third-order valence-corrected chi connectivity index (χ3v) is 6.78. The normalized spacial score (nSPS) is 16.0. The first kappa shape index (κ1) is 17.8. The highest BCUT2D eigenvalue weighted by Gasteiger charge is 2.32. The van der Waals surface area contributed by atoms with Crippen LogP contribution in [0.15, 0.2) is 47.1 Å². The number of sulfone groups is 1. The fraction of sp³-hybridized carbons (Fsp3) is 0.353. The van der Waals surface area contributed by atoms with E-state index in [4.69, 9.17) is 16.0 Å². The lowest BCUT2D eigenvalue weighted by Crippen LogP contribution is -2.44. The molecule has 2 heterocycles. The highest BCUT2D eigenvalue weighted by Crippen LogP contribution is 2.24. The van der Waals surface area contributed by atoms with Crippen molar-refractivity contribution in [2.45, 2.75) is 23.8 Å². The summed E-state index contributed by atoms with van der Waals surface area (Å²) in [5, 5.41) is 2.77. The minimum atomic E-state index is -3.29. The van der Waals surface area contributed by atoms with Crippen molar-refractivity contribution in [3.8, 4) is 0 Å². The van der Waals surface area contributed by atoms with Crippen molar-refractivity contribution in [3.63, 3.8) is 0 Å². The van der Waals surface area contributed by atoms with Crippen LogP contribution in [0, 0.1) is 0 Å². The SMILES string of the molecule is O=C(Nc1ccccc1Cl)N1CCC(S(=O)(=O)Cc2ccco2)CC1. The Morgan fingerprint density at radius 2 is 1.92 bits per heavy atom. The molecule has 134 valence electrons. The molecule has 1 N–H and O–H groups in total. The number of rotatable bonds is 4. The van der Waals surface area contributed by atoms with E-state index < -0.39 is 15.1 Å². The molecule has 0 aliphatic carbocycles. The Hall–Kier alpha value is -1.99. The van der Waals surface area contributed by atoms with Gasteiger partial charge in [0.2, 0.25) is 0 Å². The monoisotopic (exact) mass is 382 g/mol. The minimum Gasteiger partial charge on any atom is -0.468 e. The predicted octanol–water partition coefficient (Wildman–Crippen LogP) is 3.54. The summed E-state index contributed by atoms with van der Waals surface area (Å²) in [6, 6.07) is 10.1. The zero-order valence-corrected chi connectivity index (χ0v) is 15.1. The quantitative estimate of drug-likeness (QED) is 0.876. The topological polar surface area (TPSA) is 79.6 Å². The van der Waals surface area contributed by atoms with Gasteiger partial charge in [-0.15, -0.1) is 0 Å². The summed E-state index contributed by atoms with van der Waals surface area (Å²) in [7, 11) is -3.29. The first-order chi connectivity index (χ1) is 12.0. The second-order valence-electron chi connectivity index (χ2n) is 5.98. The number of urea groups is 1. The van der Waals surface area contributed by atoms with Crippen LogP contribution < -0.4 is 5.32 Å². The van der Waals surface area contributed by atoms with Crippen LogP contribution in [0.25, 0.3) is 0 Å². The molecule has 0 bridgehead atoms. The van der Waals surface area contributed by atoms with Gasteiger partial charge in [0.1, 0.15) is 11.5 Å². The number of amides is 2. The Kier molecular flexibility index (Phi) is 5.34. The van der Waals surface area contributed by atoms with Gasteiger partial charge in [-0.25, -0.2) is 13.2 Å². The highest BCUT2D eigenvalue weighted by atomic mass is 35.5. The third-order valence-electron chi connectivity index (χ3n) is 4.28. The number of para-hydroxylation sites is 1. The van der Waals surface area contributed by atoms with Gasteiger partial charge < -0.3 is 14.6 Å². The fourth-order valence-corrected chi connectivity index (χ4v) is 4.79. The van der Waals surface area contributed by atoms with E-state index in [1.165, 1.54) is 6.26 Å². The van der Waals surface area contributed by atoms with Gasteiger partial charge in [0.15, 0.2) is 9.84 Å². The van der Waals surface area contributed by atoms with Crippen molar-refractivity contribution in [1.29, 1.82) is 0 Å². The van der Waals surface area contributed by atoms with Crippen LogP contribution in [0.2, 0.25) is 5.02 Å². The Labute approximate surface area is 151 Å². The molecule has 1 aliphatic rings. The van der Waals surface area contributed by atoms with Crippen molar-refractivity contribution in [2.24, 2.45) is 0 Å². The van der Waals surface area contributed by atoms with Crippen LogP contribution in [-0.2, 0) is 15.6 Å². The number of likely N-dealkylation sites (tertiary alicyclic amines) is 1. The Morgan fingerprint density at radius 3 is 2.56 bits per heavy atom. The van der Waals surface area contributed by atoms with Crippen LogP contribution in [0.3, 0.4) is 0 Å². The van der Waals surface area contributed by atoms with Gasteiger partial charge in [-0.05, 0) is 37.1 Å². The van der Waals surface area contributed by atoms with Gasteiger partial charge in [0.25, 0.3) is 0 Å². The summed E-state index contributed by atoms with van der Waals surface area (Å²) in [5.41, 5.74) is 0.543. The largest absolute Gasteiger partial charge is 0.468 e. The van der Waals surface area contributed by atoms with E-state index in [1.807, 2.05) is 0 Å². The molecule has 0 radical (unpaired) electrons. The number of piperidine rings is 1. The molecule has 2 amide bonds. The van der Waals surface area contributed by atoms with Gasteiger partial charge in [-0.1, -0.05) is 23.7 Å². The van der Waals surface area contributed by atoms with E-state index in [2.05, 4.69) is 5.32 Å². The Morgan fingerprint density at radius 1 is 1.20 bits per heavy atom. The zero-order valence-electron chi connectivity index (χ0n) is 13.5. The number of hydrogen-bond donors (Lipinski definition) is 1. The molecule has 1 saturated heterocycles. The number of nitrogens with zero attached hydrogens (tertiary/aromatic N) is 1. The molecule has 8 heteroatoms. The molecule has 1 aromatic carbocycles. The lowest BCUT2D eigenvalue weighted by molar-refractivity contribution is 0.200. The van der Waals surface area contributed by atoms with E-state index in [1.54, 1.807) is 41.3 Å². The lowest BCUT2D eigenvalue weighted by atomic mass is 10.1. The highest BCUT2D eigenvalue weighted by molar-refractivity contribution is 7.91. The minimum absolute atomic E-state index is 0.101. The van der Waals surface area contributed by atoms with E-state index in [9.17, 15) is 13.2 Å². The molecule has 1 aromatic heterocycles. The molecule has 0 saturated carbocycles. The van der Waals surface area contributed by atoms with E-state index in [0.717, 1.165) is 0 Å². The maximum Gasteiger partial charge on any atom is 0.321 e. The van der Waals surface area contributed by atoms with Crippen LogP contribution in [0.5, 0.6) is 0 Å².